The number of pyridine rings is 1. The van der Waals surface area contributed by atoms with Gasteiger partial charge in [0.25, 0.3) is 0 Å². The third kappa shape index (κ3) is 4.07. The van der Waals surface area contributed by atoms with Crippen molar-refractivity contribution in [3.8, 4) is 0 Å². The van der Waals surface area contributed by atoms with E-state index in [9.17, 15) is 21.6 Å². The molecule has 0 amide bonds. The summed E-state index contributed by atoms with van der Waals surface area (Å²) in [6.45, 7) is 2.16. The number of aromatic nitrogens is 1. The highest BCUT2D eigenvalue weighted by Gasteiger charge is 2.33. The molecular formula is C16H17F3N4O2S. The van der Waals surface area contributed by atoms with Gasteiger partial charge in [-0.15, -0.1) is 0 Å². The van der Waals surface area contributed by atoms with Crippen LogP contribution in [-0.4, -0.2) is 39.6 Å². The summed E-state index contributed by atoms with van der Waals surface area (Å²) in [5.74, 6) is 0.295. The second-order valence-corrected chi connectivity index (χ2v) is 7.45. The van der Waals surface area contributed by atoms with Crippen molar-refractivity contribution in [3.05, 3.63) is 48.2 Å². The minimum Gasteiger partial charge on any atom is -0.368 e. The van der Waals surface area contributed by atoms with Crippen LogP contribution in [0.5, 0.6) is 0 Å². The van der Waals surface area contributed by atoms with Crippen LogP contribution >= 0.6 is 0 Å². The van der Waals surface area contributed by atoms with Crippen LogP contribution in [0.25, 0.3) is 0 Å². The first-order valence-corrected chi connectivity index (χ1v) is 9.36. The standard InChI is InChI=1S/C16H17F3N4O2S/c17-16(18,19)14-2-1-3-15(21-14)23-10-8-22(9-11-23)12-4-6-13(7-5-12)26(20,24)25/h1-7H,8-11H2,(H2,20,24,25). The van der Waals surface area contributed by atoms with Crippen molar-refractivity contribution in [2.45, 2.75) is 11.1 Å². The van der Waals surface area contributed by atoms with E-state index in [0.717, 1.165) is 11.8 Å². The normalized spacial score (nSPS) is 16.0. The van der Waals surface area contributed by atoms with Gasteiger partial charge in [0.05, 0.1) is 4.90 Å². The highest BCUT2D eigenvalue weighted by atomic mass is 32.2. The van der Waals surface area contributed by atoms with E-state index in [1.807, 2.05) is 4.90 Å². The van der Waals surface area contributed by atoms with Crippen molar-refractivity contribution >= 4 is 21.5 Å². The molecule has 0 radical (unpaired) electrons. The lowest BCUT2D eigenvalue weighted by Gasteiger charge is -2.37. The lowest BCUT2D eigenvalue weighted by atomic mass is 10.2. The van der Waals surface area contributed by atoms with Crippen LogP contribution in [0.15, 0.2) is 47.4 Å². The first kappa shape index (κ1) is 18.5. The Morgan fingerprint density at radius 3 is 2.04 bits per heavy atom. The Kier molecular flexibility index (Phi) is 4.80. The zero-order valence-electron chi connectivity index (χ0n) is 13.6. The SMILES string of the molecule is NS(=O)(=O)c1ccc(N2CCN(c3cccc(C(F)(F)F)n3)CC2)cc1. The number of nitrogens with zero attached hydrogens (tertiary/aromatic N) is 3. The van der Waals surface area contributed by atoms with Crippen molar-refractivity contribution in [2.24, 2.45) is 5.14 Å². The number of primary sulfonamides is 1. The Morgan fingerprint density at radius 2 is 1.50 bits per heavy atom. The van der Waals surface area contributed by atoms with E-state index in [2.05, 4.69) is 4.98 Å². The van der Waals surface area contributed by atoms with Crippen LogP contribution in [0.4, 0.5) is 24.7 Å². The molecule has 0 atom stereocenters. The molecule has 0 aliphatic carbocycles. The van der Waals surface area contributed by atoms with E-state index in [0.29, 0.717) is 32.0 Å². The molecule has 1 aliphatic heterocycles. The molecule has 0 saturated carbocycles. The molecule has 0 bridgehead atoms. The van der Waals surface area contributed by atoms with Gasteiger partial charge in [-0.25, -0.2) is 18.5 Å². The molecule has 2 aromatic rings. The molecule has 140 valence electrons. The maximum absolute atomic E-state index is 12.8. The molecule has 1 aromatic carbocycles. The van der Waals surface area contributed by atoms with Crippen LogP contribution in [-0.2, 0) is 16.2 Å². The van der Waals surface area contributed by atoms with Gasteiger partial charge in [0.1, 0.15) is 11.5 Å². The largest absolute Gasteiger partial charge is 0.433 e. The second-order valence-electron chi connectivity index (χ2n) is 5.89. The fraction of sp³-hybridized carbons (Fsp3) is 0.312. The number of rotatable bonds is 3. The molecule has 3 rings (SSSR count). The van der Waals surface area contributed by atoms with Gasteiger partial charge in [-0.2, -0.15) is 13.2 Å². The summed E-state index contributed by atoms with van der Waals surface area (Å²) in [5.41, 5.74) is -0.0786. The zero-order chi connectivity index (χ0) is 18.9. The smallest absolute Gasteiger partial charge is 0.368 e. The molecule has 2 N–H and O–H groups in total. The van der Waals surface area contributed by atoms with Crippen LogP contribution < -0.4 is 14.9 Å². The van der Waals surface area contributed by atoms with Gasteiger partial charge >= 0.3 is 6.18 Å². The summed E-state index contributed by atoms with van der Waals surface area (Å²) < 4.78 is 61.0. The maximum atomic E-state index is 12.8. The average molecular weight is 386 g/mol. The number of alkyl halides is 3. The molecule has 0 unspecified atom stereocenters. The van der Waals surface area contributed by atoms with E-state index in [4.69, 9.17) is 5.14 Å². The Hall–Kier alpha value is -2.33. The molecule has 26 heavy (non-hydrogen) atoms. The van der Waals surface area contributed by atoms with Crippen LogP contribution in [0.3, 0.4) is 0 Å². The number of sulfonamides is 1. The van der Waals surface area contributed by atoms with Crippen molar-refractivity contribution in [1.29, 1.82) is 0 Å². The third-order valence-corrected chi connectivity index (χ3v) is 5.09. The number of anilines is 2. The second kappa shape index (κ2) is 6.76. The first-order valence-electron chi connectivity index (χ1n) is 7.81. The predicted octanol–water partition coefficient (Wildman–Crippen LogP) is 2.07. The molecule has 6 nitrogen and oxygen atoms in total. The fourth-order valence-electron chi connectivity index (χ4n) is 2.80. The molecule has 1 aromatic heterocycles. The molecule has 0 spiro atoms. The van der Waals surface area contributed by atoms with Crippen LogP contribution in [0.2, 0.25) is 0 Å². The summed E-state index contributed by atoms with van der Waals surface area (Å²) >= 11 is 0. The summed E-state index contributed by atoms with van der Waals surface area (Å²) in [6, 6.07) is 10.1. The van der Waals surface area contributed by atoms with Crippen molar-refractivity contribution in [1.82, 2.24) is 4.98 Å². The zero-order valence-corrected chi connectivity index (χ0v) is 14.5. The van der Waals surface area contributed by atoms with Crippen molar-refractivity contribution in [3.63, 3.8) is 0 Å². The summed E-state index contributed by atoms with van der Waals surface area (Å²) in [7, 11) is -3.74. The Bertz CT molecular complexity index is 877. The van der Waals surface area contributed by atoms with Gasteiger partial charge in [0, 0.05) is 31.9 Å². The van der Waals surface area contributed by atoms with Crippen molar-refractivity contribution < 1.29 is 21.6 Å². The predicted molar refractivity (Wildman–Crippen MR) is 91.5 cm³/mol. The lowest BCUT2D eigenvalue weighted by Crippen LogP contribution is -2.47. The van der Waals surface area contributed by atoms with Gasteiger partial charge in [-0.05, 0) is 36.4 Å². The number of halogens is 3. The summed E-state index contributed by atoms with van der Waals surface area (Å²) in [6.07, 6.45) is -4.47. The summed E-state index contributed by atoms with van der Waals surface area (Å²) in [4.78, 5) is 7.56. The van der Waals surface area contributed by atoms with E-state index >= 15 is 0 Å². The molecule has 1 saturated heterocycles. The van der Waals surface area contributed by atoms with Gasteiger partial charge in [0.2, 0.25) is 10.0 Å². The Morgan fingerprint density at radius 1 is 0.923 bits per heavy atom. The number of hydrogen-bond donors (Lipinski definition) is 1. The minimum absolute atomic E-state index is 0.0352. The van der Waals surface area contributed by atoms with Crippen molar-refractivity contribution in [2.75, 3.05) is 36.0 Å². The lowest BCUT2D eigenvalue weighted by molar-refractivity contribution is -0.141. The number of benzene rings is 1. The third-order valence-electron chi connectivity index (χ3n) is 4.16. The topological polar surface area (TPSA) is 79.5 Å². The monoisotopic (exact) mass is 386 g/mol. The Labute approximate surface area is 149 Å². The van der Waals surface area contributed by atoms with E-state index in [1.165, 1.54) is 18.2 Å². The minimum atomic E-state index is -4.47. The van der Waals surface area contributed by atoms with Gasteiger partial charge in [-0.3, -0.25) is 0 Å². The molecule has 1 fully saturated rings. The van der Waals surface area contributed by atoms with E-state index in [1.54, 1.807) is 23.1 Å². The van der Waals surface area contributed by atoms with E-state index in [-0.39, 0.29) is 4.90 Å². The van der Waals surface area contributed by atoms with E-state index < -0.39 is 21.9 Å². The quantitative estimate of drug-likeness (QED) is 0.874. The van der Waals surface area contributed by atoms with Crippen LogP contribution in [0, 0.1) is 0 Å². The first-order chi connectivity index (χ1) is 12.1. The molecule has 10 heteroatoms. The number of nitrogens with two attached hydrogens (primary N) is 1. The molecular weight excluding hydrogens is 369 g/mol. The van der Waals surface area contributed by atoms with Gasteiger partial charge < -0.3 is 9.80 Å². The molecule has 1 aliphatic rings. The number of piperazine rings is 1. The van der Waals surface area contributed by atoms with Crippen LogP contribution in [0.1, 0.15) is 5.69 Å². The highest BCUT2D eigenvalue weighted by molar-refractivity contribution is 7.89. The van der Waals surface area contributed by atoms with Gasteiger partial charge in [-0.1, -0.05) is 6.07 Å². The maximum Gasteiger partial charge on any atom is 0.433 e. The Balaban J connectivity index is 1.68. The highest BCUT2D eigenvalue weighted by Crippen LogP contribution is 2.29. The average Bonchev–Trinajstić information content (AvgIpc) is 2.61. The number of hydrogen-bond acceptors (Lipinski definition) is 5. The fourth-order valence-corrected chi connectivity index (χ4v) is 3.31. The van der Waals surface area contributed by atoms with Gasteiger partial charge in [0.15, 0.2) is 0 Å². The molecule has 2 heterocycles. The summed E-state index contributed by atoms with van der Waals surface area (Å²) in [5, 5.41) is 5.08.